The van der Waals surface area contributed by atoms with Crippen LogP contribution in [-0.2, 0) is 20.2 Å². The molecular weight excluding hydrogens is 212 g/mol. The van der Waals surface area contributed by atoms with Crippen LogP contribution in [0.5, 0.6) is 0 Å². The summed E-state index contributed by atoms with van der Waals surface area (Å²) in [5.41, 5.74) is 0.767. The summed E-state index contributed by atoms with van der Waals surface area (Å²) in [5.74, 6) is 0.903. The van der Waals surface area contributed by atoms with Crippen LogP contribution in [0, 0.1) is 4.77 Å². The van der Waals surface area contributed by atoms with Gasteiger partial charge in [-0.15, -0.1) is 0 Å². The summed E-state index contributed by atoms with van der Waals surface area (Å²) in [6, 6.07) is 0. The molecule has 0 atom stereocenters. The van der Waals surface area contributed by atoms with Crippen molar-refractivity contribution in [2.45, 2.75) is 13.2 Å². The highest BCUT2D eigenvalue weighted by Gasteiger charge is 2.06. The fourth-order valence-corrected chi connectivity index (χ4v) is 1.67. The molecule has 0 aromatic carbocycles. The third-order valence-corrected chi connectivity index (χ3v) is 2.67. The van der Waals surface area contributed by atoms with Crippen molar-refractivity contribution >= 4 is 12.2 Å². The first-order chi connectivity index (χ1) is 7.22. The van der Waals surface area contributed by atoms with Crippen LogP contribution in [0.1, 0.15) is 11.5 Å². The van der Waals surface area contributed by atoms with E-state index < -0.39 is 0 Å². The van der Waals surface area contributed by atoms with Crippen LogP contribution >= 0.6 is 12.2 Å². The molecule has 0 aliphatic rings. The molecule has 0 radical (unpaired) electrons. The molecule has 0 saturated heterocycles. The van der Waals surface area contributed by atoms with Gasteiger partial charge in [0.2, 0.25) is 0 Å². The lowest BCUT2D eigenvalue weighted by Gasteiger charge is -2.06. The first-order valence-corrected chi connectivity index (χ1v) is 4.97. The second kappa shape index (κ2) is 4.00. The van der Waals surface area contributed by atoms with Gasteiger partial charge < -0.3 is 19.2 Å². The number of hydrogen-bond donors (Lipinski definition) is 2. The summed E-state index contributed by atoms with van der Waals surface area (Å²) in [4.78, 5) is 7.11. The normalized spacial score (nSPS) is 10.8. The van der Waals surface area contributed by atoms with Crippen molar-refractivity contribution in [2.24, 2.45) is 7.05 Å². The predicted molar refractivity (Wildman–Crippen MR) is 57.8 cm³/mol. The van der Waals surface area contributed by atoms with Crippen LogP contribution in [0.25, 0.3) is 0 Å². The number of aromatic amines is 1. The number of aromatic nitrogens is 4. The zero-order valence-corrected chi connectivity index (χ0v) is 9.16. The van der Waals surface area contributed by atoms with Gasteiger partial charge in [0.15, 0.2) is 4.77 Å². The number of rotatable bonds is 3. The van der Waals surface area contributed by atoms with Crippen molar-refractivity contribution in [1.82, 2.24) is 19.1 Å². The Balaban J connectivity index is 2.35. The van der Waals surface area contributed by atoms with Crippen molar-refractivity contribution in [3.8, 4) is 0 Å². The Labute approximate surface area is 92.0 Å². The molecular formula is C9H12N4OS. The minimum atomic E-state index is -0.0302. The highest BCUT2D eigenvalue weighted by molar-refractivity contribution is 7.71. The molecule has 2 aromatic heterocycles. The molecule has 2 rings (SSSR count). The lowest BCUT2D eigenvalue weighted by molar-refractivity contribution is 0.271. The van der Waals surface area contributed by atoms with Crippen LogP contribution in [-0.4, -0.2) is 24.2 Å². The van der Waals surface area contributed by atoms with E-state index in [1.54, 1.807) is 12.4 Å². The van der Waals surface area contributed by atoms with Crippen molar-refractivity contribution < 1.29 is 5.11 Å². The first kappa shape index (κ1) is 10.1. The highest BCUT2D eigenvalue weighted by Crippen LogP contribution is 2.05. The number of aryl methyl sites for hydroxylation is 1. The second-order valence-corrected chi connectivity index (χ2v) is 3.67. The monoisotopic (exact) mass is 224 g/mol. The SMILES string of the molecule is Cn1ccnc1Cn1c(CO)c[nH]c1=S. The van der Waals surface area contributed by atoms with E-state index >= 15 is 0 Å². The van der Waals surface area contributed by atoms with Gasteiger partial charge in [-0.05, 0) is 12.2 Å². The minimum absolute atomic E-state index is 0.0302. The summed E-state index contributed by atoms with van der Waals surface area (Å²) in [5, 5.41) is 9.12. The van der Waals surface area contributed by atoms with Gasteiger partial charge in [-0.3, -0.25) is 0 Å². The van der Waals surface area contributed by atoms with Crippen molar-refractivity contribution in [2.75, 3.05) is 0 Å². The predicted octanol–water partition coefficient (Wildman–Crippen LogP) is 0.820. The molecule has 0 aliphatic heterocycles. The maximum Gasteiger partial charge on any atom is 0.177 e. The van der Waals surface area contributed by atoms with Crippen LogP contribution in [0.4, 0.5) is 0 Å². The fraction of sp³-hybridized carbons (Fsp3) is 0.333. The number of aliphatic hydroxyl groups excluding tert-OH is 1. The highest BCUT2D eigenvalue weighted by atomic mass is 32.1. The Morgan fingerprint density at radius 3 is 3.00 bits per heavy atom. The molecule has 5 nitrogen and oxygen atoms in total. The van der Waals surface area contributed by atoms with Gasteiger partial charge in [-0.2, -0.15) is 0 Å². The Hall–Kier alpha value is -1.40. The van der Waals surface area contributed by atoms with Crippen LogP contribution in [0.3, 0.4) is 0 Å². The van der Waals surface area contributed by atoms with Gasteiger partial charge in [0.25, 0.3) is 0 Å². The molecule has 0 amide bonds. The van der Waals surface area contributed by atoms with E-state index in [0.717, 1.165) is 11.5 Å². The van der Waals surface area contributed by atoms with E-state index in [4.69, 9.17) is 17.3 Å². The van der Waals surface area contributed by atoms with E-state index in [1.807, 2.05) is 22.4 Å². The van der Waals surface area contributed by atoms with Gasteiger partial charge >= 0.3 is 0 Å². The largest absolute Gasteiger partial charge is 0.390 e. The molecule has 6 heteroatoms. The number of nitrogens with zero attached hydrogens (tertiary/aromatic N) is 3. The average molecular weight is 224 g/mol. The van der Waals surface area contributed by atoms with E-state index in [2.05, 4.69) is 9.97 Å². The molecule has 2 aromatic rings. The van der Waals surface area contributed by atoms with Gasteiger partial charge in [0, 0.05) is 25.6 Å². The van der Waals surface area contributed by atoms with Gasteiger partial charge in [-0.25, -0.2) is 4.98 Å². The summed E-state index contributed by atoms with van der Waals surface area (Å²) in [6.07, 6.45) is 5.33. The molecule has 0 bridgehead atoms. The third-order valence-electron chi connectivity index (χ3n) is 2.34. The zero-order chi connectivity index (χ0) is 10.8. The average Bonchev–Trinajstić information content (AvgIpc) is 2.77. The van der Waals surface area contributed by atoms with Crippen molar-refractivity contribution in [3.63, 3.8) is 0 Å². The molecule has 15 heavy (non-hydrogen) atoms. The summed E-state index contributed by atoms with van der Waals surface area (Å²) < 4.78 is 4.36. The second-order valence-electron chi connectivity index (χ2n) is 3.28. The Morgan fingerprint density at radius 2 is 2.40 bits per heavy atom. The molecule has 0 unspecified atom stereocenters. The standard InChI is InChI=1S/C9H12N4OS/c1-12-3-2-10-8(12)5-13-7(6-14)4-11-9(13)15/h2-4,14H,5-6H2,1H3,(H,11,15). The minimum Gasteiger partial charge on any atom is -0.390 e. The lowest BCUT2D eigenvalue weighted by Crippen LogP contribution is -2.08. The molecule has 2 heterocycles. The number of nitrogens with one attached hydrogen (secondary N) is 1. The van der Waals surface area contributed by atoms with E-state index in [0.29, 0.717) is 11.3 Å². The zero-order valence-electron chi connectivity index (χ0n) is 8.34. The number of aliphatic hydroxyl groups is 1. The Kier molecular flexibility index (Phi) is 2.70. The smallest absolute Gasteiger partial charge is 0.177 e. The quantitative estimate of drug-likeness (QED) is 0.759. The van der Waals surface area contributed by atoms with Crippen LogP contribution in [0.2, 0.25) is 0 Å². The van der Waals surface area contributed by atoms with Crippen molar-refractivity contribution in [3.05, 3.63) is 34.9 Å². The van der Waals surface area contributed by atoms with Crippen molar-refractivity contribution in [1.29, 1.82) is 0 Å². The molecule has 2 N–H and O–H groups in total. The molecule has 0 saturated carbocycles. The molecule has 0 fully saturated rings. The van der Waals surface area contributed by atoms with E-state index in [9.17, 15) is 0 Å². The van der Waals surface area contributed by atoms with E-state index in [-0.39, 0.29) is 6.61 Å². The van der Waals surface area contributed by atoms with Gasteiger partial charge in [0.1, 0.15) is 5.82 Å². The number of imidazole rings is 2. The van der Waals surface area contributed by atoms with Gasteiger partial charge in [-0.1, -0.05) is 0 Å². The van der Waals surface area contributed by atoms with E-state index in [1.165, 1.54) is 0 Å². The first-order valence-electron chi connectivity index (χ1n) is 4.56. The maximum absolute atomic E-state index is 9.12. The lowest BCUT2D eigenvalue weighted by atomic mass is 10.4. The summed E-state index contributed by atoms with van der Waals surface area (Å²) in [7, 11) is 1.93. The van der Waals surface area contributed by atoms with Crippen LogP contribution < -0.4 is 0 Å². The maximum atomic E-state index is 9.12. The van der Waals surface area contributed by atoms with Crippen LogP contribution in [0.15, 0.2) is 18.6 Å². The summed E-state index contributed by atoms with van der Waals surface area (Å²) in [6.45, 7) is 0.541. The molecule has 80 valence electrons. The van der Waals surface area contributed by atoms with Gasteiger partial charge in [0.05, 0.1) is 18.8 Å². The fourth-order valence-electron chi connectivity index (χ4n) is 1.43. The number of H-pyrrole nitrogens is 1. The summed E-state index contributed by atoms with van der Waals surface area (Å²) >= 11 is 5.11. The molecule has 0 aliphatic carbocycles. The molecule has 0 spiro atoms. The Bertz CT molecular complexity index is 510. The Morgan fingerprint density at radius 1 is 1.60 bits per heavy atom. The third kappa shape index (κ3) is 1.86. The number of hydrogen-bond acceptors (Lipinski definition) is 3. The topological polar surface area (TPSA) is 58.8 Å².